The number of para-hydroxylation sites is 1. The fraction of sp³-hybridized carbons (Fsp3) is 0. The number of nitrogens with zero attached hydrogens (tertiary/aromatic N) is 2. The van der Waals surface area contributed by atoms with Gasteiger partial charge in [-0.15, -0.1) is 11.3 Å². The van der Waals surface area contributed by atoms with Crippen molar-refractivity contribution in [3.8, 4) is 45.5 Å². The molecule has 0 aliphatic heterocycles. The summed E-state index contributed by atoms with van der Waals surface area (Å²) in [6, 6.07) is 45.6. The second kappa shape index (κ2) is 9.46. The second-order valence-electron chi connectivity index (χ2n) is 10.3. The van der Waals surface area contributed by atoms with Crippen LogP contribution in [0.15, 0.2) is 126 Å². The summed E-state index contributed by atoms with van der Waals surface area (Å²) in [6.45, 7) is 0. The third kappa shape index (κ3) is 3.64. The number of fused-ring (bicyclic) bond motifs is 6. The van der Waals surface area contributed by atoms with Crippen molar-refractivity contribution in [2.75, 3.05) is 0 Å². The maximum absolute atomic E-state index is 9.79. The Morgan fingerprint density at radius 2 is 1.19 bits per heavy atom. The predicted molar refractivity (Wildman–Crippen MR) is 172 cm³/mol. The Morgan fingerprint density at radius 3 is 2.07 bits per heavy atom. The summed E-state index contributed by atoms with van der Waals surface area (Å²) >= 11 is 1.81. The zero-order valence-corrected chi connectivity index (χ0v) is 23.1. The van der Waals surface area contributed by atoms with Crippen LogP contribution in [0.3, 0.4) is 0 Å². The topological polar surface area (TPSA) is 60.7 Å². The molecule has 0 N–H and O–H groups in total. The van der Waals surface area contributed by atoms with Gasteiger partial charge in [-0.3, -0.25) is 0 Å². The van der Waals surface area contributed by atoms with Crippen molar-refractivity contribution in [2.24, 2.45) is 0 Å². The molecule has 0 fully saturated rings. The fourth-order valence-electron chi connectivity index (χ4n) is 6.14. The average Bonchev–Trinajstić information content (AvgIpc) is 3.62. The van der Waals surface area contributed by atoms with E-state index in [1.54, 1.807) is 17.4 Å². The van der Waals surface area contributed by atoms with Crippen LogP contribution in [-0.4, -0.2) is 0 Å². The summed E-state index contributed by atoms with van der Waals surface area (Å²) in [5, 5.41) is 23.7. The van der Waals surface area contributed by atoms with Gasteiger partial charge in [-0.1, -0.05) is 78.9 Å². The third-order valence-corrected chi connectivity index (χ3v) is 9.09. The number of hydrogen-bond acceptors (Lipinski definition) is 4. The van der Waals surface area contributed by atoms with Gasteiger partial charge in [-0.25, -0.2) is 0 Å². The predicted octanol–water partition coefficient (Wildman–Crippen LogP) is 10.7. The molecule has 0 amide bonds. The van der Waals surface area contributed by atoms with Gasteiger partial charge >= 0.3 is 0 Å². The van der Waals surface area contributed by atoms with Crippen LogP contribution < -0.4 is 0 Å². The van der Waals surface area contributed by atoms with E-state index in [0.29, 0.717) is 11.1 Å². The molecule has 0 atom stereocenters. The van der Waals surface area contributed by atoms with Crippen LogP contribution in [0.25, 0.3) is 75.5 Å². The van der Waals surface area contributed by atoms with Gasteiger partial charge < -0.3 is 4.42 Å². The van der Waals surface area contributed by atoms with E-state index in [1.165, 1.54) is 20.2 Å². The molecule has 0 saturated carbocycles. The van der Waals surface area contributed by atoms with E-state index in [0.717, 1.165) is 55.3 Å². The highest BCUT2D eigenvalue weighted by atomic mass is 32.1. The number of hydrogen-bond donors (Lipinski definition) is 0. The lowest BCUT2D eigenvalue weighted by Gasteiger charge is -2.17. The Bertz CT molecular complexity index is 2450. The molecule has 2 heterocycles. The van der Waals surface area contributed by atoms with Gasteiger partial charge in [0.05, 0.1) is 23.3 Å². The molecule has 2 aromatic heterocycles. The van der Waals surface area contributed by atoms with Gasteiger partial charge in [0, 0.05) is 36.5 Å². The summed E-state index contributed by atoms with van der Waals surface area (Å²) < 4.78 is 8.97. The molecule has 0 spiro atoms. The molecular weight excluding hydrogens is 532 g/mol. The number of rotatable bonds is 3. The first-order valence-corrected chi connectivity index (χ1v) is 14.4. The zero-order valence-electron chi connectivity index (χ0n) is 22.3. The molecule has 8 aromatic rings. The van der Waals surface area contributed by atoms with E-state index < -0.39 is 0 Å². The summed E-state index contributed by atoms with van der Waals surface area (Å²) in [7, 11) is 0. The lowest BCUT2D eigenvalue weighted by Crippen LogP contribution is -1.92. The van der Waals surface area contributed by atoms with Crippen LogP contribution in [0.5, 0.6) is 0 Å². The SMILES string of the molecule is N#Cc1cccc(-c2c(-c3cccc4c3oc3ccc(C#N)cc34)cccc2-c2cccc3sc4ccccc4c23)c1. The van der Waals surface area contributed by atoms with Crippen molar-refractivity contribution in [3.63, 3.8) is 0 Å². The fourth-order valence-corrected chi connectivity index (χ4v) is 7.27. The molecule has 0 unspecified atom stereocenters. The van der Waals surface area contributed by atoms with Gasteiger partial charge in [-0.05, 0) is 70.3 Å². The molecule has 4 heteroatoms. The van der Waals surface area contributed by atoms with E-state index >= 15 is 0 Å². The smallest absolute Gasteiger partial charge is 0.143 e. The van der Waals surface area contributed by atoms with Crippen LogP contribution in [0.2, 0.25) is 0 Å². The van der Waals surface area contributed by atoms with Crippen LogP contribution in [-0.2, 0) is 0 Å². The Balaban J connectivity index is 1.49. The van der Waals surface area contributed by atoms with Crippen LogP contribution in [0.1, 0.15) is 11.1 Å². The highest BCUT2D eigenvalue weighted by Gasteiger charge is 2.21. The van der Waals surface area contributed by atoms with E-state index in [4.69, 9.17) is 4.42 Å². The normalized spacial score (nSPS) is 11.3. The Labute approximate surface area is 245 Å². The summed E-state index contributed by atoms with van der Waals surface area (Å²) in [6.07, 6.45) is 0. The Kier molecular flexibility index (Phi) is 5.44. The Morgan fingerprint density at radius 1 is 0.524 bits per heavy atom. The van der Waals surface area contributed by atoms with Crippen molar-refractivity contribution in [2.45, 2.75) is 0 Å². The summed E-state index contributed by atoms with van der Waals surface area (Å²) in [5.41, 5.74) is 8.97. The van der Waals surface area contributed by atoms with E-state index in [1.807, 2.05) is 42.5 Å². The average molecular weight is 553 g/mol. The molecule has 8 rings (SSSR count). The molecule has 0 radical (unpaired) electrons. The first-order chi connectivity index (χ1) is 20.7. The van der Waals surface area contributed by atoms with E-state index in [2.05, 4.69) is 84.9 Å². The molecule has 0 aliphatic carbocycles. The minimum atomic E-state index is 0.600. The van der Waals surface area contributed by atoms with E-state index in [-0.39, 0.29) is 0 Å². The van der Waals surface area contributed by atoms with Crippen molar-refractivity contribution >= 4 is 53.4 Å². The maximum Gasteiger partial charge on any atom is 0.143 e. The number of nitriles is 2. The molecule has 3 nitrogen and oxygen atoms in total. The first kappa shape index (κ1) is 24.1. The molecule has 42 heavy (non-hydrogen) atoms. The molecular formula is C38H20N2OS. The number of thiophene rings is 1. The summed E-state index contributed by atoms with van der Waals surface area (Å²) in [5.74, 6) is 0. The first-order valence-electron chi connectivity index (χ1n) is 13.6. The standard InChI is InChI=1S/C38H20N2OS/c39-21-23-7-3-8-25(19-23)36-26(27-12-6-16-35-37(27)31-9-1-2-15-34(31)42-35)10-4-11-28(36)29-13-5-14-30-32-20-24(22-40)17-18-33(32)41-38(29)30/h1-20H. The molecule has 6 aromatic carbocycles. The van der Waals surface area contributed by atoms with Crippen molar-refractivity contribution < 1.29 is 4.42 Å². The maximum atomic E-state index is 9.79. The molecule has 0 saturated heterocycles. The quantitative estimate of drug-likeness (QED) is 0.219. The Hall–Kier alpha value is -5.68. The minimum Gasteiger partial charge on any atom is -0.455 e. The molecule has 194 valence electrons. The minimum absolute atomic E-state index is 0.600. The number of benzene rings is 6. The van der Waals surface area contributed by atoms with Crippen molar-refractivity contribution in [3.05, 3.63) is 132 Å². The lowest BCUT2D eigenvalue weighted by atomic mass is 9.85. The highest BCUT2D eigenvalue weighted by molar-refractivity contribution is 7.25. The van der Waals surface area contributed by atoms with Gasteiger partial charge in [-0.2, -0.15) is 10.5 Å². The largest absolute Gasteiger partial charge is 0.455 e. The highest BCUT2D eigenvalue weighted by Crippen LogP contribution is 2.47. The van der Waals surface area contributed by atoms with Crippen LogP contribution in [0.4, 0.5) is 0 Å². The van der Waals surface area contributed by atoms with Crippen LogP contribution >= 0.6 is 11.3 Å². The third-order valence-electron chi connectivity index (χ3n) is 7.95. The van der Waals surface area contributed by atoms with Crippen LogP contribution in [0, 0.1) is 22.7 Å². The number of furan rings is 1. The van der Waals surface area contributed by atoms with Gasteiger partial charge in [0.1, 0.15) is 11.2 Å². The molecule has 0 bridgehead atoms. The van der Waals surface area contributed by atoms with Gasteiger partial charge in [0.2, 0.25) is 0 Å². The summed E-state index contributed by atoms with van der Waals surface area (Å²) in [4.78, 5) is 0. The van der Waals surface area contributed by atoms with Crippen molar-refractivity contribution in [1.82, 2.24) is 0 Å². The second-order valence-corrected chi connectivity index (χ2v) is 11.4. The van der Waals surface area contributed by atoms with Crippen molar-refractivity contribution in [1.29, 1.82) is 10.5 Å². The van der Waals surface area contributed by atoms with E-state index in [9.17, 15) is 10.5 Å². The molecule has 0 aliphatic rings. The lowest BCUT2D eigenvalue weighted by molar-refractivity contribution is 0.670. The monoisotopic (exact) mass is 552 g/mol. The van der Waals surface area contributed by atoms with Gasteiger partial charge in [0.25, 0.3) is 0 Å². The van der Waals surface area contributed by atoms with Gasteiger partial charge in [0.15, 0.2) is 0 Å². The zero-order chi connectivity index (χ0) is 28.2.